The summed E-state index contributed by atoms with van der Waals surface area (Å²) >= 11 is 0. The third-order valence-corrected chi connectivity index (χ3v) is 2.35. The van der Waals surface area contributed by atoms with Gasteiger partial charge in [0.25, 0.3) is 0 Å². The summed E-state index contributed by atoms with van der Waals surface area (Å²) in [6.45, 7) is 12.2. The average Bonchev–Trinajstić information content (AvgIpc) is 2.67. The molecule has 11 heavy (non-hydrogen) atoms. The second kappa shape index (κ2) is 3.61. The first-order chi connectivity index (χ1) is 5.29. The first-order valence-corrected chi connectivity index (χ1v) is 4.19. The molecule has 0 nitrogen and oxygen atoms in total. The van der Waals surface area contributed by atoms with Crippen molar-refractivity contribution in [3.63, 3.8) is 0 Å². The van der Waals surface area contributed by atoms with Gasteiger partial charge in [0, 0.05) is 0 Å². The molecule has 1 saturated carbocycles. The van der Waals surface area contributed by atoms with E-state index in [1.54, 1.807) is 0 Å². The van der Waals surface area contributed by atoms with Crippen LogP contribution in [-0.2, 0) is 0 Å². The second-order valence-corrected chi connectivity index (χ2v) is 3.28. The number of hydrogen-bond acceptors (Lipinski definition) is 0. The summed E-state index contributed by atoms with van der Waals surface area (Å²) in [5, 5.41) is 0. The van der Waals surface area contributed by atoms with Crippen molar-refractivity contribution in [3.05, 3.63) is 37.5 Å². The fraction of sp³-hybridized carbons (Fsp3) is 0.400. The van der Waals surface area contributed by atoms with Crippen LogP contribution in [0.15, 0.2) is 37.5 Å². The van der Waals surface area contributed by atoms with Gasteiger partial charge in [-0.15, -0.1) is 19.7 Å². The van der Waals surface area contributed by atoms with Gasteiger partial charge in [0.15, 0.2) is 6.71 Å². The van der Waals surface area contributed by atoms with Crippen LogP contribution in [0.3, 0.4) is 0 Å². The van der Waals surface area contributed by atoms with Crippen LogP contribution >= 0.6 is 0 Å². The molecule has 58 valence electrons. The van der Waals surface area contributed by atoms with E-state index in [2.05, 4.69) is 19.7 Å². The predicted octanol–water partition coefficient (Wildman–Crippen LogP) is 3.18. The van der Waals surface area contributed by atoms with Crippen LogP contribution < -0.4 is 0 Å². The lowest BCUT2D eigenvalue weighted by Crippen LogP contribution is -2.09. The Morgan fingerprint density at radius 1 is 1.36 bits per heavy atom. The van der Waals surface area contributed by atoms with Gasteiger partial charge in [0.2, 0.25) is 0 Å². The van der Waals surface area contributed by atoms with E-state index in [1.165, 1.54) is 12.0 Å². The standard InChI is InChI=1S/C10H15B/c1-4-6-11(7-5-2)10-8-9(10)3/h4-5,10H,1-3,6-8H2. The third-order valence-electron chi connectivity index (χ3n) is 2.35. The van der Waals surface area contributed by atoms with Gasteiger partial charge in [-0.1, -0.05) is 30.4 Å². The zero-order valence-electron chi connectivity index (χ0n) is 7.05. The molecule has 1 atom stereocenters. The summed E-state index contributed by atoms with van der Waals surface area (Å²) in [6.07, 6.45) is 7.44. The van der Waals surface area contributed by atoms with Gasteiger partial charge in [-0.05, 0) is 12.2 Å². The topological polar surface area (TPSA) is 0 Å². The van der Waals surface area contributed by atoms with Crippen LogP contribution in [0.25, 0.3) is 0 Å². The maximum absolute atomic E-state index is 3.96. The highest BCUT2D eigenvalue weighted by Crippen LogP contribution is 2.47. The van der Waals surface area contributed by atoms with E-state index in [0.717, 1.165) is 25.2 Å². The number of hydrogen-bond donors (Lipinski definition) is 0. The molecular weight excluding hydrogens is 131 g/mol. The van der Waals surface area contributed by atoms with Gasteiger partial charge in [0.05, 0.1) is 0 Å². The molecule has 1 unspecified atom stereocenters. The Labute approximate surface area is 69.8 Å². The van der Waals surface area contributed by atoms with E-state index >= 15 is 0 Å². The van der Waals surface area contributed by atoms with Crippen molar-refractivity contribution in [2.75, 3.05) is 0 Å². The van der Waals surface area contributed by atoms with Gasteiger partial charge in [-0.2, -0.15) is 0 Å². The molecule has 0 radical (unpaired) electrons. The Kier molecular flexibility index (Phi) is 2.75. The molecule has 1 fully saturated rings. The first-order valence-electron chi connectivity index (χ1n) is 4.19. The molecule has 1 aliphatic rings. The lowest BCUT2D eigenvalue weighted by Gasteiger charge is -2.04. The van der Waals surface area contributed by atoms with Gasteiger partial charge in [0.1, 0.15) is 0 Å². The lowest BCUT2D eigenvalue weighted by atomic mass is 9.41. The van der Waals surface area contributed by atoms with Crippen molar-refractivity contribution in [1.82, 2.24) is 0 Å². The zero-order chi connectivity index (χ0) is 8.27. The highest BCUT2D eigenvalue weighted by atomic mass is 14.2. The molecule has 0 aromatic carbocycles. The predicted molar refractivity (Wildman–Crippen MR) is 53.3 cm³/mol. The van der Waals surface area contributed by atoms with E-state index in [9.17, 15) is 0 Å². The van der Waals surface area contributed by atoms with E-state index < -0.39 is 0 Å². The molecule has 1 aliphatic carbocycles. The molecule has 1 heteroatoms. The van der Waals surface area contributed by atoms with Gasteiger partial charge < -0.3 is 0 Å². The Morgan fingerprint density at radius 3 is 2.09 bits per heavy atom. The lowest BCUT2D eigenvalue weighted by molar-refractivity contribution is 1.33. The fourth-order valence-corrected chi connectivity index (χ4v) is 1.58. The van der Waals surface area contributed by atoms with Crippen LogP contribution in [0.1, 0.15) is 6.42 Å². The van der Waals surface area contributed by atoms with Crippen LogP contribution in [0.5, 0.6) is 0 Å². The number of allylic oxidation sites excluding steroid dienone is 3. The second-order valence-electron chi connectivity index (χ2n) is 3.28. The minimum Gasteiger partial charge on any atom is -0.104 e. The van der Waals surface area contributed by atoms with Gasteiger partial charge in [-0.25, -0.2) is 0 Å². The Hall–Kier alpha value is -0.715. The molecule has 0 aliphatic heterocycles. The highest BCUT2D eigenvalue weighted by molar-refractivity contribution is 6.63. The third kappa shape index (κ3) is 2.11. The zero-order valence-corrected chi connectivity index (χ0v) is 7.05. The normalized spacial score (nSPS) is 21.1. The van der Waals surface area contributed by atoms with Crippen molar-refractivity contribution >= 4 is 6.71 Å². The first kappa shape index (κ1) is 8.38. The van der Waals surface area contributed by atoms with Crippen LogP contribution in [-0.4, -0.2) is 6.71 Å². The summed E-state index contributed by atoms with van der Waals surface area (Å²) in [6, 6.07) is 0. The summed E-state index contributed by atoms with van der Waals surface area (Å²) in [5.41, 5.74) is 1.42. The van der Waals surface area contributed by atoms with E-state index in [0.29, 0.717) is 0 Å². The summed E-state index contributed by atoms with van der Waals surface area (Å²) in [4.78, 5) is 0. The molecule has 0 amide bonds. The van der Waals surface area contributed by atoms with Crippen LogP contribution in [0, 0.1) is 0 Å². The molecule has 1 rings (SSSR count). The summed E-state index contributed by atoms with van der Waals surface area (Å²) in [7, 11) is 0. The quantitative estimate of drug-likeness (QED) is 0.412. The summed E-state index contributed by atoms with van der Waals surface area (Å²) in [5.74, 6) is 0.769. The Morgan fingerprint density at radius 2 is 1.82 bits per heavy atom. The molecule has 0 heterocycles. The Bertz CT molecular complexity index is 171. The van der Waals surface area contributed by atoms with Crippen LogP contribution in [0.4, 0.5) is 0 Å². The summed E-state index contributed by atoms with van der Waals surface area (Å²) < 4.78 is 0. The van der Waals surface area contributed by atoms with Crippen molar-refractivity contribution in [1.29, 1.82) is 0 Å². The van der Waals surface area contributed by atoms with Crippen LogP contribution in [0.2, 0.25) is 18.5 Å². The van der Waals surface area contributed by atoms with Gasteiger partial charge >= 0.3 is 0 Å². The van der Waals surface area contributed by atoms with Crippen molar-refractivity contribution in [3.8, 4) is 0 Å². The minimum atomic E-state index is 0.734. The average molecular weight is 146 g/mol. The maximum Gasteiger partial charge on any atom is 0.155 e. The monoisotopic (exact) mass is 146 g/mol. The van der Waals surface area contributed by atoms with E-state index in [-0.39, 0.29) is 0 Å². The van der Waals surface area contributed by atoms with Crippen molar-refractivity contribution in [2.45, 2.75) is 24.9 Å². The largest absolute Gasteiger partial charge is 0.155 e. The molecule has 0 saturated heterocycles. The van der Waals surface area contributed by atoms with Gasteiger partial charge in [-0.3, -0.25) is 0 Å². The SMILES string of the molecule is C=CCB(CC=C)C1CC1=C. The number of rotatable bonds is 5. The maximum atomic E-state index is 3.96. The fourth-order valence-electron chi connectivity index (χ4n) is 1.58. The van der Waals surface area contributed by atoms with Crippen molar-refractivity contribution < 1.29 is 0 Å². The molecule has 0 aromatic rings. The molecular formula is C10H15B. The van der Waals surface area contributed by atoms with Crippen molar-refractivity contribution in [2.24, 2.45) is 0 Å². The molecule has 0 spiro atoms. The molecule has 0 N–H and O–H groups in total. The van der Waals surface area contributed by atoms with E-state index in [1.807, 2.05) is 12.2 Å². The molecule has 0 bridgehead atoms. The smallest absolute Gasteiger partial charge is 0.104 e. The highest BCUT2D eigenvalue weighted by Gasteiger charge is 2.35. The van der Waals surface area contributed by atoms with E-state index in [4.69, 9.17) is 0 Å². The molecule has 0 aromatic heterocycles. The minimum absolute atomic E-state index is 0.734. The Balaban J connectivity index is 2.38.